The molecule has 0 amide bonds. The van der Waals surface area contributed by atoms with E-state index in [4.69, 9.17) is 44.3 Å². The molecule has 0 unspecified atom stereocenters. The quantitative estimate of drug-likeness (QED) is 0.810. The van der Waals surface area contributed by atoms with Gasteiger partial charge >= 0.3 is 0 Å². The average molecular weight is 397 g/mol. The molecule has 0 saturated heterocycles. The maximum atomic E-state index is 12.5. The van der Waals surface area contributed by atoms with Crippen LogP contribution in [0.1, 0.15) is 0 Å². The van der Waals surface area contributed by atoms with Crippen LogP contribution in [0.2, 0.25) is 15.1 Å². The van der Waals surface area contributed by atoms with Crippen LogP contribution < -0.4 is 14.2 Å². The van der Waals surface area contributed by atoms with E-state index in [0.29, 0.717) is 5.75 Å². The zero-order chi connectivity index (χ0) is 17.2. The maximum Gasteiger partial charge on any atom is 0.262 e. The van der Waals surface area contributed by atoms with Gasteiger partial charge in [0, 0.05) is 6.07 Å². The van der Waals surface area contributed by atoms with Crippen LogP contribution in [0.3, 0.4) is 0 Å². The van der Waals surface area contributed by atoms with Crippen LogP contribution in [0.4, 0.5) is 5.69 Å². The van der Waals surface area contributed by atoms with Crippen molar-refractivity contribution in [1.29, 1.82) is 0 Å². The predicted octanol–water partition coefficient (Wildman–Crippen LogP) is 4.46. The SMILES string of the molecule is COc1cc(OC)c(NS(=O)(=O)c2ccc(Cl)c(Cl)c2)cc1Cl. The van der Waals surface area contributed by atoms with Gasteiger partial charge in [-0.15, -0.1) is 0 Å². The third kappa shape index (κ3) is 3.95. The van der Waals surface area contributed by atoms with E-state index in [1.807, 2.05) is 0 Å². The van der Waals surface area contributed by atoms with Crippen molar-refractivity contribution in [2.45, 2.75) is 4.90 Å². The number of hydrogen-bond donors (Lipinski definition) is 1. The van der Waals surface area contributed by atoms with Crippen molar-refractivity contribution in [2.24, 2.45) is 0 Å². The Morgan fingerprint density at radius 3 is 2.09 bits per heavy atom. The third-order valence-electron chi connectivity index (χ3n) is 2.92. The van der Waals surface area contributed by atoms with Crippen LogP contribution in [-0.2, 0) is 10.0 Å². The number of methoxy groups -OCH3 is 2. The minimum Gasteiger partial charge on any atom is -0.495 e. The molecule has 0 aliphatic heterocycles. The van der Waals surface area contributed by atoms with Crippen LogP contribution >= 0.6 is 34.8 Å². The average Bonchev–Trinajstić information content (AvgIpc) is 2.50. The zero-order valence-electron chi connectivity index (χ0n) is 12.1. The minimum absolute atomic E-state index is 0.0408. The van der Waals surface area contributed by atoms with E-state index in [1.165, 1.54) is 44.6 Å². The number of rotatable bonds is 5. The highest BCUT2D eigenvalue weighted by Gasteiger charge is 2.19. The molecule has 0 fully saturated rings. The second kappa shape index (κ2) is 7.05. The summed E-state index contributed by atoms with van der Waals surface area (Å²) in [5.74, 6) is 0.621. The summed E-state index contributed by atoms with van der Waals surface area (Å²) in [5.41, 5.74) is 0.171. The number of benzene rings is 2. The van der Waals surface area contributed by atoms with Crippen molar-refractivity contribution in [3.63, 3.8) is 0 Å². The molecule has 2 aromatic carbocycles. The summed E-state index contributed by atoms with van der Waals surface area (Å²) in [7, 11) is -1.05. The minimum atomic E-state index is -3.89. The number of hydrogen-bond acceptors (Lipinski definition) is 4. The first-order valence-electron chi connectivity index (χ1n) is 6.18. The molecule has 0 aliphatic rings. The topological polar surface area (TPSA) is 64.6 Å². The van der Waals surface area contributed by atoms with Crippen LogP contribution in [-0.4, -0.2) is 22.6 Å². The number of ether oxygens (including phenoxy) is 2. The van der Waals surface area contributed by atoms with E-state index in [-0.39, 0.29) is 31.4 Å². The van der Waals surface area contributed by atoms with E-state index in [2.05, 4.69) is 4.72 Å². The molecule has 2 rings (SSSR count). The molecule has 0 aliphatic carbocycles. The lowest BCUT2D eigenvalue weighted by Crippen LogP contribution is -2.13. The molecule has 0 heterocycles. The monoisotopic (exact) mass is 395 g/mol. The molecule has 23 heavy (non-hydrogen) atoms. The second-order valence-electron chi connectivity index (χ2n) is 4.37. The summed E-state index contributed by atoms with van der Waals surface area (Å²) in [6, 6.07) is 6.87. The number of halogens is 3. The molecule has 1 N–H and O–H groups in total. The standard InChI is InChI=1S/C14H12Cl3NO4S/c1-21-13-7-14(22-2)12(6-11(13)17)18-23(19,20)8-3-4-9(15)10(16)5-8/h3-7,18H,1-2H3. The Morgan fingerprint density at radius 1 is 0.870 bits per heavy atom. The van der Waals surface area contributed by atoms with Gasteiger partial charge in [0.2, 0.25) is 0 Å². The van der Waals surface area contributed by atoms with Gasteiger partial charge in [0.1, 0.15) is 11.5 Å². The van der Waals surface area contributed by atoms with Gasteiger partial charge in [-0.3, -0.25) is 4.72 Å². The van der Waals surface area contributed by atoms with Crippen molar-refractivity contribution in [1.82, 2.24) is 0 Å². The molecule has 0 spiro atoms. The molecule has 124 valence electrons. The Bertz CT molecular complexity index is 840. The lowest BCUT2D eigenvalue weighted by Gasteiger charge is -2.14. The Balaban J connectivity index is 2.44. The van der Waals surface area contributed by atoms with E-state index < -0.39 is 10.0 Å². The first-order chi connectivity index (χ1) is 10.8. The fourth-order valence-electron chi connectivity index (χ4n) is 1.79. The zero-order valence-corrected chi connectivity index (χ0v) is 15.1. The van der Waals surface area contributed by atoms with Gasteiger partial charge < -0.3 is 9.47 Å². The van der Waals surface area contributed by atoms with Crippen LogP contribution in [0, 0.1) is 0 Å². The lowest BCUT2D eigenvalue weighted by molar-refractivity contribution is 0.396. The molecule has 0 aromatic heterocycles. The fraction of sp³-hybridized carbons (Fsp3) is 0.143. The molecular formula is C14H12Cl3NO4S. The first-order valence-corrected chi connectivity index (χ1v) is 8.79. The van der Waals surface area contributed by atoms with Crippen molar-refractivity contribution >= 4 is 50.5 Å². The van der Waals surface area contributed by atoms with Gasteiger partial charge in [-0.1, -0.05) is 34.8 Å². The van der Waals surface area contributed by atoms with Gasteiger partial charge in [0.25, 0.3) is 10.0 Å². The predicted molar refractivity (Wildman–Crippen MR) is 91.8 cm³/mol. The highest BCUT2D eigenvalue weighted by molar-refractivity contribution is 7.92. The van der Waals surface area contributed by atoms with Gasteiger partial charge in [-0.05, 0) is 24.3 Å². The summed E-state index contributed by atoms with van der Waals surface area (Å²) in [6.07, 6.45) is 0. The lowest BCUT2D eigenvalue weighted by atomic mass is 10.3. The summed E-state index contributed by atoms with van der Waals surface area (Å²) < 4.78 is 37.5. The molecule has 0 radical (unpaired) electrons. The van der Waals surface area contributed by atoms with Crippen LogP contribution in [0.15, 0.2) is 35.2 Å². The van der Waals surface area contributed by atoms with Crippen molar-refractivity contribution in [2.75, 3.05) is 18.9 Å². The van der Waals surface area contributed by atoms with E-state index >= 15 is 0 Å². The Morgan fingerprint density at radius 2 is 1.52 bits per heavy atom. The van der Waals surface area contributed by atoms with Gasteiger partial charge in [-0.25, -0.2) is 8.42 Å². The second-order valence-corrected chi connectivity index (χ2v) is 7.27. The van der Waals surface area contributed by atoms with Gasteiger partial charge in [0.15, 0.2) is 0 Å². The van der Waals surface area contributed by atoms with E-state index in [0.717, 1.165) is 0 Å². The van der Waals surface area contributed by atoms with Gasteiger partial charge in [-0.2, -0.15) is 0 Å². The Labute approximate surface area is 149 Å². The number of sulfonamides is 1. The fourth-order valence-corrected chi connectivity index (χ4v) is 3.48. The Kier molecular flexibility index (Phi) is 5.52. The van der Waals surface area contributed by atoms with Gasteiger partial charge in [0.05, 0.1) is 39.9 Å². The molecule has 5 nitrogen and oxygen atoms in total. The summed E-state index contributed by atoms with van der Waals surface area (Å²) >= 11 is 17.7. The molecule has 0 saturated carbocycles. The number of anilines is 1. The molecular weight excluding hydrogens is 385 g/mol. The highest BCUT2D eigenvalue weighted by atomic mass is 35.5. The Hall–Kier alpha value is -1.34. The molecule has 0 bridgehead atoms. The summed E-state index contributed by atoms with van der Waals surface area (Å²) in [6.45, 7) is 0. The summed E-state index contributed by atoms with van der Waals surface area (Å²) in [5, 5.41) is 0.630. The molecule has 9 heteroatoms. The van der Waals surface area contributed by atoms with Crippen molar-refractivity contribution in [3.8, 4) is 11.5 Å². The normalized spacial score (nSPS) is 11.2. The van der Waals surface area contributed by atoms with Crippen molar-refractivity contribution in [3.05, 3.63) is 45.4 Å². The molecule has 2 aromatic rings. The number of nitrogens with one attached hydrogen (secondary N) is 1. The molecule has 0 atom stereocenters. The highest BCUT2D eigenvalue weighted by Crippen LogP contribution is 2.37. The van der Waals surface area contributed by atoms with E-state index in [1.54, 1.807) is 0 Å². The summed E-state index contributed by atoms with van der Waals surface area (Å²) in [4.78, 5) is -0.0408. The largest absolute Gasteiger partial charge is 0.495 e. The van der Waals surface area contributed by atoms with Crippen molar-refractivity contribution < 1.29 is 17.9 Å². The van der Waals surface area contributed by atoms with E-state index in [9.17, 15) is 8.42 Å². The van der Waals surface area contributed by atoms with Crippen LogP contribution in [0.25, 0.3) is 0 Å². The maximum absolute atomic E-state index is 12.5. The first kappa shape index (κ1) is 18.0. The third-order valence-corrected chi connectivity index (χ3v) is 5.32. The van der Waals surface area contributed by atoms with Crippen LogP contribution in [0.5, 0.6) is 11.5 Å². The smallest absolute Gasteiger partial charge is 0.262 e.